The first-order chi connectivity index (χ1) is 6.52. The first kappa shape index (κ1) is 10.8. The van der Waals surface area contributed by atoms with Crippen LogP contribution in [0.15, 0.2) is 0 Å². The van der Waals surface area contributed by atoms with Crippen LogP contribution < -0.4 is 10.5 Å². The van der Waals surface area contributed by atoms with E-state index in [-0.39, 0.29) is 0 Å². The van der Waals surface area contributed by atoms with Crippen LogP contribution in [-0.2, 0) is 7.05 Å². The number of rotatable bonds is 4. The van der Waals surface area contributed by atoms with E-state index in [1.165, 1.54) is 0 Å². The maximum absolute atomic E-state index is 5.80. The SMILES string of the molecule is Cc1nn(C)c(OCCN(C)C)c1N. The van der Waals surface area contributed by atoms with Gasteiger partial charge < -0.3 is 15.4 Å². The maximum Gasteiger partial charge on any atom is 0.235 e. The molecule has 2 N–H and O–H groups in total. The van der Waals surface area contributed by atoms with Crippen molar-refractivity contribution in [1.82, 2.24) is 14.7 Å². The Kier molecular flexibility index (Phi) is 3.35. The molecule has 1 rings (SSSR count). The second-order valence-corrected chi connectivity index (χ2v) is 3.58. The number of aromatic nitrogens is 2. The molecule has 0 radical (unpaired) electrons. The third-order valence-corrected chi connectivity index (χ3v) is 1.99. The van der Waals surface area contributed by atoms with E-state index < -0.39 is 0 Å². The van der Waals surface area contributed by atoms with Crippen molar-refractivity contribution in [1.29, 1.82) is 0 Å². The zero-order chi connectivity index (χ0) is 10.7. The second kappa shape index (κ2) is 4.32. The van der Waals surface area contributed by atoms with E-state index in [9.17, 15) is 0 Å². The minimum atomic E-state index is 0.621. The van der Waals surface area contributed by atoms with Crippen molar-refractivity contribution in [2.45, 2.75) is 6.92 Å². The highest BCUT2D eigenvalue weighted by molar-refractivity contribution is 5.52. The van der Waals surface area contributed by atoms with E-state index in [0.29, 0.717) is 18.2 Å². The Labute approximate surface area is 84.4 Å². The Morgan fingerprint density at radius 3 is 2.57 bits per heavy atom. The van der Waals surface area contributed by atoms with Crippen molar-refractivity contribution in [3.63, 3.8) is 0 Å². The molecule has 0 unspecified atom stereocenters. The Morgan fingerprint density at radius 1 is 1.50 bits per heavy atom. The average molecular weight is 198 g/mol. The van der Waals surface area contributed by atoms with E-state index in [2.05, 4.69) is 10.00 Å². The van der Waals surface area contributed by atoms with Gasteiger partial charge in [0.05, 0.1) is 5.69 Å². The Morgan fingerprint density at radius 2 is 2.14 bits per heavy atom. The van der Waals surface area contributed by atoms with Crippen molar-refractivity contribution in [2.75, 3.05) is 33.0 Å². The van der Waals surface area contributed by atoms with Crippen LogP contribution in [-0.4, -0.2) is 41.9 Å². The molecule has 0 atom stereocenters. The van der Waals surface area contributed by atoms with Crippen molar-refractivity contribution in [3.05, 3.63) is 5.69 Å². The van der Waals surface area contributed by atoms with Crippen LogP contribution in [0, 0.1) is 6.92 Å². The largest absolute Gasteiger partial charge is 0.475 e. The van der Waals surface area contributed by atoms with Gasteiger partial charge >= 0.3 is 0 Å². The molecular weight excluding hydrogens is 180 g/mol. The molecule has 0 fully saturated rings. The summed E-state index contributed by atoms with van der Waals surface area (Å²) in [5.41, 5.74) is 7.24. The summed E-state index contributed by atoms with van der Waals surface area (Å²) in [5.74, 6) is 0.657. The number of ether oxygens (including phenoxy) is 1. The fourth-order valence-corrected chi connectivity index (χ4v) is 1.15. The van der Waals surface area contributed by atoms with Crippen LogP contribution in [0.3, 0.4) is 0 Å². The van der Waals surface area contributed by atoms with Crippen LogP contribution in [0.5, 0.6) is 5.88 Å². The predicted molar refractivity (Wildman–Crippen MR) is 56.4 cm³/mol. The molecule has 0 bridgehead atoms. The van der Waals surface area contributed by atoms with Gasteiger partial charge in [0.15, 0.2) is 0 Å². The first-order valence-corrected chi connectivity index (χ1v) is 4.59. The van der Waals surface area contributed by atoms with Gasteiger partial charge in [-0.1, -0.05) is 0 Å². The number of hydrogen-bond acceptors (Lipinski definition) is 4. The smallest absolute Gasteiger partial charge is 0.235 e. The Balaban J connectivity index is 2.58. The molecule has 0 saturated carbocycles. The Bertz CT molecular complexity index is 306. The molecular formula is C9H18N4O. The van der Waals surface area contributed by atoms with E-state index in [1.807, 2.05) is 28.1 Å². The number of nitrogens with two attached hydrogens (primary N) is 1. The summed E-state index contributed by atoms with van der Waals surface area (Å²) in [6.07, 6.45) is 0. The summed E-state index contributed by atoms with van der Waals surface area (Å²) in [7, 11) is 5.83. The van der Waals surface area contributed by atoms with Crippen molar-refractivity contribution in [3.8, 4) is 5.88 Å². The molecule has 0 aliphatic heterocycles. The molecule has 1 aromatic heterocycles. The van der Waals surface area contributed by atoms with Crippen LogP contribution in [0.1, 0.15) is 5.69 Å². The minimum absolute atomic E-state index is 0.621. The third kappa shape index (κ3) is 2.38. The van der Waals surface area contributed by atoms with Gasteiger partial charge in [0.1, 0.15) is 12.3 Å². The summed E-state index contributed by atoms with van der Waals surface area (Å²) in [6, 6.07) is 0. The molecule has 1 heterocycles. The van der Waals surface area contributed by atoms with E-state index in [4.69, 9.17) is 10.5 Å². The number of likely N-dealkylation sites (N-methyl/N-ethyl adjacent to an activating group) is 1. The number of aryl methyl sites for hydroxylation is 2. The molecule has 5 nitrogen and oxygen atoms in total. The highest BCUT2D eigenvalue weighted by Gasteiger charge is 2.10. The monoisotopic (exact) mass is 198 g/mol. The van der Waals surface area contributed by atoms with Crippen LogP contribution >= 0.6 is 0 Å². The van der Waals surface area contributed by atoms with Gasteiger partial charge in [-0.15, -0.1) is 0 Å². The molecule has 0 aliphatic rings. The summed E-state index contributed by atoms with van der Waals surface area (Å²) >= 11 is 0. The molecule has 1 aromatic rings. The highest BCUT2D eigenvalue weighted by atomic mass is 16.5. The van der Waals surface area contributed by atoms with Crippen molar-refractivity contribution >= 4 is 5.69 Å². The zero-order valence-electron chi connectivity index (χ0n) is 9.24. The van der Waals surface area contributed by atoms with Crippen molar-refractivity contribution in [2.24, 2.45) is 7.05 Å². The third-order valence-electron chi connectivity index (χ3n) is 1.99. The van der Waals surface area contributed by atoms with E-state index in [0.717, 1.165) is 12.2 Å². The van der Waals surface area contributed by atoms with Gasteiger partial charge in [-0.3, -0.25) is 0 Å². The zero-order valence-corrected chi connectivity index (χ0v) is 9.24. The van der Waals surface area contributed by atoms with Crippen LogP contribution in [0.4, 0.5) is 5.69 Å². The lowest BCUT2D eigenvalue weighted by atomic mass is 10.4. The van der Waals surface area contributed by atoms with Gasteiger partial charge in [0.2, 0.25) is 5.88 Å². The molecule has 0 saturated heterocycles. The topological polar surface area (TPSA) is 56.3 Å². The van der Waals surface area contributed by atoms with Gasteiger partial charge in [-0.2, -0.15) is 5.10 Å². The molecule has 80 valence electrons. The molecule has 0 spiro atoms. The lowest BCUT2D eigenvalue weighted by Crippen LogP contribution is -2.20. The van der Waals surface area contributed by atoms with Gasteiger partial charge in [-0.25, -0.2) is 4.68 Å². The number of hydrogen-bond donors (Lipinski definition) is 1. The predicted octanol–water partition coefficient (Wildman–Crippen LogP) is 0.251. The number of anilines is 1. The number of nitrogens with zero attached hydrogens (tertiary/aromatic N) is 3. The average Bonchev–Trinajstić information content (AvgIpc) is 2.31. The fourth-order valence-electron chi connectivity index (χ4n) is 1.15. The van der Waals surface area contributed by atoms with Crippen LogP contribution in [0.2, 0.25) is 0 Å². The van der Waals surface area contributed by atoms with Gasteiger partial charge in [0.25, 0.3) is 0 Å². The van der Waals surface area contributed by atoms with Crippen molar-refractivity contribution < 1.29 is 4.74 Å². The Hall–Kier alpha value is -1.23. The van der Waals surface area contributed by atoms with Gasteiger partial charge in [0, 0.05) is 13.6 Å². The van der Waals surface area contributed by atoms with Crippen LogP contribution in [0.25, 0.3) is 0 Å². The molecule has 5 heteroatoms. The fraction of sp³-hybridized carbons (Fsp3) is 0.667. The maximum atomic E-state index is 5.80. The number of nitrogen functional groups attached to an aromatic ring is 1. The highest BCUT2D eigenvalue weighted by Crippen LogP contribution is 2.23. The molecule has 14 heavy (non-hydrogen) atoms. The summed E-state index contributed by atoms with van der Waals surface area (Å²) < 4.78 is 7.20. The standard InChI is InChI=1S/C9H18N4O/c1-7-8(10)9(13(4)11-7)14-6-5-12(2)3/h5-6,10H2,1-4H3. The van der Waals surface area contributed by atoms with E-state index in [1.54, 1.807) is 4.68 Å². The molecule has 0 aliphatic carbocycles. The first-order valence-electron chi connectivity index (χ1n) is 4.59. The molecule has 0 aromatic carbocycles. The lowest BCUT2D eigenvalue weighted by Gasteiger charge is -2.11. The van der Waals surface area contributed by atoms with Gasteiger partial charge in [-0.05, 0) is 21.0 Å². The quantitative estimate of drug-likeness (QED) is 0.753. The minimum Gasteiger partial charge on any atom is -0.475 e. The summed E-state index contributed by atoms with van der Waals surface area (Å²) in [4.78, 5) is 2.05. The normalized spacial score (nSPS) is 10.9. The summed E-state index contributed by atoms with van der Waals surface area (Å²) in [6.45, 7) is 3.36. The molecule has 0 amide bonds. The second-order valence-electron chi connectivity index (χ2n) is 3.58. The van der Waals surface area contributed by atoms with E-state index >= 15 is 0 Å². The summed E-state index contributed by atoms with van der Waals surface area (Å²) in [5, 5.41) is 4.16. The lowest BCUT2D eigenvalue weighted by molar-refractivity contribution is 0.246.